The summed E-state index contributed by atoms with van der Waals surface area (Å²) in [6.45, 7) is 0. The molecule has 0 aromatic heterocycles. The van der Waals surface area contributed by atoms with Gasteiger partial charge in [0, 0.05) is 12.1 Å². The highest BCUT2D eigenvalue weighted by atomic mass is 79.9. The highest BCUT2D eigenvalue weighted by molar-refractivity contribution is 5.49. The predicted octanol–water partition coefficient (Wildman–Crippen LogP) is 1.30. The number of quaternary nitrogens is 1. The first-order chi connectivity index (χ1) is 8.55. The second-order valence-electron chi connectivity index (χ2n) is 5.06. The molecule has 2 aromatic carbocycles. The van der Waals surface area contributed by atoms with Crippen LogP contribution in [0.15, 0.2) is 64.8 Å². The van der Waals surface area contributed by atoms with E-state index in [4.69, 9.17) is 0 Å². The minimum Gasteiger partial charge on any atom is -1.00 e. The van der Waals surface area contributed by atoms with Crippen molar-refractivity contribution in [2.24, 2.45) is 10.2 Å². The Morgan fingerprint density at radius 3 is 1.63 bits per heavy atom. The lowest BCUT2D eigenvalue weighted by molar-refractivity contribution is -0.00000399. The molecule has 4 heteroatoms. The molecule has 3 nitrogen and oxygen atoms in total. The first kappa shape index (κ1) is 15.5. The average molecular weight is 320 g/mol. The van der Waals surface area contributed by atoms with Crippen molar-refractivity contribution in [1.29, 1.82) is 0 Å². The molecule has 0 radical (unpaired) electrons. The third kappa shape index (κ3) is 4.58. The van der Waals surface area contributed by atoms with Crippen LogP contribution in [0.4, 0.5) is 17.1 Å². The van der Waals surface area contributed by atoms with Gasteiger partial charge in [0.15, 0.2) is 0 Å². The van der Waals surface area contributed by atoms with Gasteiger partial charge in [0.2, 0.25) is 0 Å². The molecule has 0 aliphatic rings. The van der Waals surface area contributed by atoms with Crippen LogP contribution < -0.4 is 21.5 Å². The van der Waals surface area contributed by atoms with E-state index in [1.54, 1.807) is 0 Å². The van der Waals surface area contributed by atoms with Gasteiger partial charge in [-0.15, -0.1) is 0 Å². The van der Waals surface area contributed by atoms with Crippen LogP contribution in [0.1, 0.15) is 0 Å². The normalized spacial score (nSPS) is 11.3. The van der Waals surface area contributed by atoms with E-state index in [9.17, 15) is 0 Å². The number of azo groups is 1. The molecule has 2 aromatic rings. The topological polar surface area (TPSA) is 24.7 Å². The highest BCUT2D eigenvalue weighted by Crippen LogP contribution is 2.23. The van der Waals surface area contributed by atoms with Gasteiger partial charge in [-0.3, -0.25) is 4.48 Å². The molecule has 0 aliphatic heterocycles. The molecule has 100 valence electrons. The minimum atomic E-state index is 0. The Hall–Kier alpha value is -1.52. The third-order valence-corrected chi connectivity index (χ3v) is 2.66. The van der Waals surface area contributed by atoms with Gasteiger partial charge in [0.1, 0.15) is 5.69 Å². The van der Waals surface area contributed by atoms with E-state index in [1.165, 1.54) is 5.69 Å². The molecule has 0 amide bonds. The summed E-state index contributed by atoms with van der Waals surface area (Å²) in [5.74, 6) is 0. The maximum atomic E-state index is 4.22. The molecule has 0 spiro atoms. The lowest BCUT2D eigenvalue weighted by Gasteiger charge is -2.23. The second-order valence-corrected chi connectivity index (χ2v) is 5.06. The molecule has 0 heterocycles. The van der Waals surface area contributed by atoms with Crippen molar-refractivity contribution in [3.63, 3.8) is 0 Å². The molecule has 0 unspecified atom stereocenters. The van der Waals surface area contributed by atoms with E-state index >= 15 is 0 Å². The van der Waals surface area contributed by atoms with Crippen molar-refractivity contribution in [2.75, 3.05) is 21.1 Å². The Bertz CT molecular complexity index is 528. The maximum Gasteiger partial charge on any atom is 0.132 e. The summed E-state index contributed by atoms with van der Waals surface area (Å²) in [4.78, 5) is 0. The Balaban J connectivity index is 0.00000180. The quantitative estimate of drug-likeness (QED) is 0.602. The zero-order valence-corrected chi connectivity index (χ0v) is 13.0. The first-order valence-electron chi connectivity index (χ1n) is 5.94. The molecular formula is C15H18BrN3. The monoisotopic (exact) mass is 319 g/mol. The van der Waals surface area contributed by atoms with Crippen molar-refractivity contribution >= 4 is 17.1 Å². The number of rotatable bonds is 3. The van der Waals surface area contributed by atoms with E-state index in [1.807, 2.05) is 42.5 Å². The molecule has 0 N–H and O–H groups in total. The van der Waals surface area contributed by atoms with Crippen LogP contribution in [-0.4, -0.2) is 21.1 Å². The molecule has 2 rings (SSSR count). The SMILES string of the molecule is C[N+](C)(C)c1ccc(/N=N/c2ccccc2)cc1.[Br-]. The van der Waals surface area contributed by atoms with E-state index < -0.39 is 0 Å². The van der Waals surface area contributed by atoms with E-state index in [2.05, 4.69) is 43.5 Å². The Morgan fingerprint density at radius 2 is 1.16 bits per heavy atom. The summed E-state index contributed by atoms with van der Waals surface area (Å²) in [5, 5.41) is 8.41. The lowest BCUT2D eigenvalue weighted by Crippen LogP contribution is -3.00. The standard InChI is InChI=1S/C15H18N3.BrH/c1-18(2,3)15-11-9-14(10-12-15)17-16-13-7-5-4-6-8-13;/h4-12H,1-3H3;1H/q+1;/p-1/b17-16+;. The van der Waals surface area contributed by atoms with Gasteiger partial charge in [-0.25, -0.2) is 0 Å². The fourth-order valence-electron chi connectivity index (χ4n) is 1.58. The molecule has 0 fully saturated rings. The summed E-state index contributed by atoms with van der Waals surface area (Å²) in [6, 6.07) is 17.9. The molecule has 0 saturated heterocycles. The maximum absolute atomic E-state index is 4.22. The molecule has 0 bridgehead atoms. The van der Waals surface area contributed by atoms with Crippen molar-refractivity contribution in [1.82, 2.24) is 4.48 Å². The zero-order valence-electron chi connectivity index (χ0n) is 11.4. The number of halogens is 1. The summed E-state index contributed by atoms with van der Waals surface area (Å²) in [7, 11) is 6.42. The lowest BCUT2D eigenvalue weighted by atomic mass is 10.2. The summed E-state index contributed by atoms with van der Waals surface area (Å²) < 4.78 is 0.802. The van der Waals surface area contributed by atoms with Crippen LogP contribution in [0.3, 0.4) is 0 Å². The van der Waals surface area contributed by atoms with Crippen LogP contribution >= 0.6 is 0 Å². The van der Waals surface area contributed by atoms with Crippen molar-refractivity contribution in [2.45, 2.75) is 0 Å². The molecular weight excluding hydrogens is 302 g/mol. The van der Waals surface area contributed by atoms with Gasteiger partial charge in [-0.1, -0.05) is 18.2 Å². The van der Waals surface area contributed by atoms with Crippen molar-refractivity contribution < 1.29 is 17.0 Å². The van der Waals surface area contributed by atoms with E-state index in [0.29, 0.717) is 0 Å². The average Bonchev–Trinajstić information content (AvgIpc) is 2.37. The van der Waals surface area contributed by atoms with Crippen LogP contribution in [0.5, 0.6) is 0 Å². The minimum absolute atomic E-state index is 0. The smallest absolute Gasteiger partial charge is 0.132 e. The molecule has 0 aliphatic carbocycles. The summed E-state index contributed by atoms with van der Waals surface area (Å²) in [6.07, 6.45) is 0. The number of hydrogen-bond donors (Lipinski definition) is 0. The van der Waals surface area contributed by atoms with E-state index in [-0.39, 0.29) is 17.0 Å². The predicted molar refractivity (Wildman–Crippen MR) is 76.6 cm³/mol. The highest BCUT2D eigenvalue weighted by Gasteiger charge is 2.10. The summed E-state index contributed by atoms with van der Waals surface area (Å²) in [5.41, 5.74) is 2.98. The fourth-order valence-corrected chi connectivity index (χ4v) is 1.58. The van der Waals surface area contributed by atoms with Crippen LogP contribution in [0.25, 0.3) is 0 Å². The number of nitrogens with zero attached hydrogens (tertiary/aromatic N) is 3. The van der Waals surface area contributed by atoms with Crippen LogP contribution in [-0.2, 0) is 0 Å². The van der Waals surface area contributed by atoms with Crippen molar-refractivity contribution in [3.8, 4) is 0 Å². The fraction of sp³-hybridized carbons (Fsp3) is 0.200. The van der Waals surface area contributed by atoms with Crippen LogP contribution in [0.2, 0.25) is 0 Å². The molecule has 19 heavy (non-hydrogen) atoms. The Morgan fingerprint density at radius 1 is 0.684 bits per heavy atom. The Kier molecular flexibility index (Phi) is 5.39. The van der Waals surface area contributed by atoms with Gasteiger partial charge in [-0.2, -0.15) is 10.2 Å². The molecule has 0 atom stereocenters. The number of hydrogen-bond acceptors (Lipinski definition) is 2. The van der Waals surface area contributed by atoms with E-state index in [0.717, 1.165) is 15.9 Å². The largest absolute Gasteiger partial charge is 1.00 e. The summed E-state index contributed by atoms with van der Waals surface area (Å²) >= 11 is 0. The van der Waals surface area contributed by atoms with Gasteiger partial charge >= 0.3 is 0 Å². The first-order valence-corrected chi connectivity index (χ1v) is 5.94. The van der Waals surface area contributed by atoms with Gasteiger partial charge in [0.05, 0.1) is 32.5 Å². The van der Waals surface area contributed by atoms with Gasteiger partial charge in [0.25, 0.3) is 0 Å². The zero-order chi connectivity index (χ0) is 13.0. The van der Waals surface area contributed by atoms with Gasteiger partial charge < -0.3 is 17.0 Å². The van der Waals surface area contributed by atoms with Crippen LogP contribution in [0, 0.1) is 0 Å². The number of benzene rings is 2. The Labute approximate surface area is 125 Å². The third-order valence-electron chi connectivity index (χ3n) is 2.66. The molecule has 0 saturated carbocycles. The van der Waals surface area contributed by atoms with Gasteiger partial charge in [-0.05, 0) is 24.3 Å². The second kappa shape index (κ2) is 6.59. The van der Waals surface area contributed by atoms with Crippen molar-refractivity contribution in [3.05, 3.63) is 54.6 Å².